The number of aromatic nitrogens is 1. The molecule has 2 heterocycles. The van der Waals surface area contributed by atoms with Crippen molar-refractivity contribution < 1.29 is 8.42 Å². The summed E-state index contributed by atoms with van der Waals surface area (Å²) in [6.07, 6.45) is 5.54. The first-order valence-electron chi connectivity index (χ1n) is 9.14. The average molecular weight is 385 g/mol. The maximum Gasteiger partial charge on any atom is 0.194 e. The number of aliphatic imine (C=N–C) groups is 1. The number of rotatable bonds is 5. The molecule has 25 heavy (non-hydrogen) atoms. The van der Waals surface area contributed by atoms with Gasteiger partial charge in [0.05, 0.1) is 23.7 Å². The second kappa shape index (κ2) is 8.03. The molecule has 1 atom stereocenters. The molecule has 3 rings (SSSR count). The minimum Gasteiger partial charge on any atom is -0.357 e. The predicted octanol–water partition coefficient (Wildman–Crippen LogP) is 1.85. The fourth-order valence-corrected chi connectivity index (χ4v) is 6.51. The molecule has 1 aromatic heterocycles. The zero-order chi connectivity index (χ0) is 17.9. The zero-order valence-corrected chi connectivity index (χ0v) is 16.8. The smallest absolute Gasteiger partial charge is 0.194 e. The topological polar surface area (TPSA) is 74.7 Å². The van der Waals surface area contributed by atoms with Gasteiger partial charge in [-0.25, -0.2) is 13.4 Å². The lowest BCUT2D eigenvalue weighted by molar-refractivity contribution is 0.470. The summed E-state index contributed by atoms with van der Waals surface area (Å²) in [5, 5.41) is 4.45. The first-order chi connectivity index (χ1) is 12.0. The Labute approximate surface area is 154 Å². The Morgan fingerprint density at radius 2 is 2.20 bits per heavy atom. The van der Waals surface area contributed by atoms with E-state index in [-0.39, 0.29) is 11.7 Å². The Morgan fingerprint density at radius 3 is 2.88 bits per heavy atom. The van der Waals surface area contributed by atoms with E-state index in [1.807, 2.05) is 25.3 Å². The number of aryl methyl sites for hydroxylation is 2. The van der Waals surface area contributed by atoms with Gasteiger partial charge in [0, 0.05) is 25.0 Å². The Kier molecular flexibility index (Phi) is 5.99. The molecule has 0 saturated carbocycles. The lowest BCUT2D eigenvalue weighted by atomic mass is 10.0. The van der Waals surface area contributed by atoms with E-state index in [0.717, 1.165) is 36.9 Å². The minimum absolute atomic E-state index is 0.152. The standard InChI is InChI=1S/C17H28N4O2S2/c1-3-18-17(19-10-13-8-9-25(22,23)12-13)21(2)11-16-20-14-6-4-5-7-15(14)24-16/h13H,3-12H2,1-2H3,(H,18,19). The van der Waals surface area contributed by atoms with Crippen LogP contribution < -0.4 is 5.32 Å². The van der Waals surface area contributed by atoms with E-state index in [9.17, 15) is 8.42 Å². The van der Waals surface area contributed by atoms with E-state index < -0.39 is 9.84 Å². The Morgan fingerprint density at radius 1 is 1.40 bits per heavy atom. The highest BCUT2D eigenvalue weighted by Crippen LogP contribution is 2.27. The Balaban J connectivity index is 1.62. The number of nitrogens with zero attached hydrogens (tertiary/aromatic N) is 3. The summed E-state index contributed by atoms with van der Waals surface area (Å²) in [6, 6.07) is 0. The Bertz CT molecular complexity index is 704. The summed E-state index contributed by atoms with van der Waals surface area (Å²) in [5.74, 6) is 1.57. The second-order valence-corrected chi connectivity index (χ2v) is 10.4. The molecule has 140 valence electrons. The number of thiazole rings is 1. The highest BCUT2D eigenvalue weighted by atomic mass is 32.2. The number of guanidine groups is 1. The van der Waals surface area contributed by atoms with Gasteiger partial charge in [-0.15, -0.1) is 11.3 Å². The van der Waals surface area contributed by atoms with Gasteiger partial charge in [-0.1, -0.05) is 0 Å². The predicted molar refractivity (Wildman–Crippen MR) is 103 cm³/mol. The molecule has 1 fully saturated rings. The normalized spacial score (nSPS) is 22.6. The van der Waals surface area contributed by atoms with Gasteiger partial charge in [-0.2, -0.15) is 0 Å². The van der Waals surface area contributed by atoms with Crippen LogP contribution in [0.15, 0.2) is 4.99 Å². The maximum absolute atomic E-state index is 11.6. The summed E-state index contributed by atoms with van der Waals surface area (Å²) in [6.45, 7) is 4.15. The van der Waals surface area contributed by atoms with Crippen molar-refractivity contribution in [2.75, 3.05) is 31.6 Å². The van der Waals surface area contributed by atoms with Crippen LogP contribution >= 0.6 is 11.3 Å². The van der Waals surface area contributed by atoms with Crippen molar-refractivity contribution in [2.24, 2.45) is 10.9 Å². The van der Waals surface area contributed by atoms with Crippen molar-refractivity contribution in [3.63, 3.8) is 0 Å². The first-order valence-corrected chi connectivity index (χ1v) is 11.8. The lowest BCUT2D eigenvalue weighted by Crippen LogP contribution is -2.38. The maximum atomic E-state index is 11.6. The van der Waals surface area contributed by atoms with Gasteiger partial charge in [0.1, 0.15) is 5.01 Å². The highest BCUT2D eigenvalue weighted by Gasteiger charge is 2.27. The largest absolute Gasteiger partial charge is 0.357 e. The fourth-order valence-electron chi connectivity index (χ4n) is 3.45. The molecule has 8 heteroatoms. The van der Waals surface area contributed by atoms with Gasteiger partial charge in [0.15, 0.2) is 15.8 Å². The molecular formula is C17H28N4O2S2. The SMILES string of the molecule is CCNC(=NCC1CCS(=O)(=O)C1)N(C)Cc1nc2c(s1)CCCC2. The van der Waals surface area contributed by atoms with E-state index in [2.05, 4.69) is 15.2 Å². The van der Waals surface area contributed by atoms with Crippen molar-refractivity contribution in [1.82, 2.24) is 15.2 Å². The van der Waals surface area contributed by atoms with Crippen LogP contribution in [0.2, 0.25) is 0 Å². The van der Waals surface area contributed by atoms with E-state index in [0.29, 0.717) is 12.3 Å². The molecule has 1 aromatic rings. The van der Waals surface area contributed by atoms with Gasteiger partial charge in [0.25, 0.3) is 0 Å². The number of fused-ring (bicyclic) bond motifs is 1. The van der Waals surface area contributed by atoms with Crippen molar-refractivity contribution in [1.29, 1.82) is 0 Å². The van der Waals surface area contributed by atoms with Gasteiger partial charge in [0.2, 0.25) is 0 Å². The molecule has 0 spiro atoms. The molecule has 0 aromatic carbocycles. The lowest BCUT2D eigenvalue weighted by Gasteiger charge is -2.21. The van der Waals surface area contributed by atoms with Crippen molar-refractivity contribution in [3.05, 3.63) is 15.6 Å². The Hall–Kier alpha value is -1.15. The summed E-state index contributed by atoms with van der Waals surface area (Å²) >= 11 is 1.83. The molecule has 1 unspecified atom stereocenters. The van der Waals surface area contributed by atoms with Crippen LogP contribution in [0.1, 0.15) is 41.8 Å². The number of nitrogens with one attached hydrogen (secondary N) is 1. The van der Waals surface area contributed by atoms with Gasteiger partial charge in [-0.05, 0) is 44.9 Å². The number of hydrogen-bond donors (Lipinski definition) is 1. The third-order valence-electron chi connectivity index (χ3n) is 4.78. The fraction of sp³-hybridized carbons (Fsp3) is 0.765. The summed E-state index contributed by atoms with van der Waals surface area (Å²) in [4.78, 5) is 13.0. The third kappa shape index (κ3) is 4.94. The second-order valence-electron chi connectivity index (χ2n) is 7.00. The van der Waals surface area contributed by atoms with E-state index in [1.54, 1.807) is 0 Å². The van der Waals surface area contributed by atoms with Crippen molar-refractivity contribution >= 4 is 27.1 Å². The van der Waals surface area contributed by atoms with Gasteiger partial charge in [-0.3, -0.25) is 4.99 Å². The monoisotopic (exact) mass is 384 g/mol. The summed E-state index contributed by atoms with van der Waals surface area (Å²) in [7, 11) is -0.817. The minimum atomic E-state index is -2.84. The number of hydrogen-bond acceptors (Lipinski definition) is 5. The zero-order valence-electron chi connectivity index (χ0n) is 15.1. The first kappa shape index (κ1) is 18.6. The van der Waals surface area contributed by atoms with E-state index in [4.69, 9.17) is 4.98 Å². The summed E-state index contributed by atoms with van der Waals surface area (Å²) in [5.41, 5.74) is 1.29. The van der Waals surface area contributed by atoms with Crippen LogP contribution in [0.5, 0.6) is 0 Å². The molecule has 1 saturated heterocycles. The average Bonchev–Trinajstić information content (AvgIpc) is 3.13. The van der Waals surface area contributed by atoms with Crippen LogP contribution in [0.25, 0.3) is 0 Å². The molecule has 1 aliphatic heterocycles. The molecule has 2 aliphatic rings. The van der Waals surface area contributed by atoms with Crippen molar-refractivity contribution in [2.45, 2.75) is 45.6 Å². The van der Waals surface area contributed by atoms with Crippen LogP contribution in [-0.2, 0) is 29.2 Å². The molecule has 6 nitrogen and oxygen atoms in total. The van der Waals surface area contributed by atoms with Crippen LogP contribution in [0, 0.1) is 5.92 Å². The third-order valence-corrected chi connectivity index (χ3v) is 7.76. The van der Waals surface area contributed by atoms with Crippen LogP contribution in [0.3, 0.4) is 0 Å². The van der Waals surface area contributed by atoms with Gasteiger partial charge < -0.3 is 10.2 Å². The van der Waals surface area contributed by atoms with E-state index in [1.165, 1.54) is 29.8 Å². The molecule has 1 aliphatic carbocycles. The summed E-state index contributed by atoms with van der Waals surface area (Å²) < 4.78 is 23.2. The highest BCUT2D eigenvalue weighted by molar-refractivity contribution is 7.91. The van der Waals surface area contributed by atoms with Crippen molar-refractivity contribution in [3.8, 4) is 0 Å². The van der Waals surface area contributed by atoms with Crippen LogP contribution in [0.4, 0.5) is 0 Å². The van der Waals surface area contributed by atoms with E-state index >= 15 is 0 Å². The molecule has 0 amide bonds. The van der Waals surface area contributed by atoms with Crippen LogP contribution in [-0.4, -0.2) is 55.9 Å². The molecule has 0 bridgehead atoms. The molecule has 1 N–H and O–H groups in total. The molecular weight excluding hydrogens is 356 g/mol. The molecule has 0 radical (unpaired) electrons. The van der Waals surface area contributed by atoms with Gasteiger partial charge >= 0.3 is 0 Å². The number of sulfone groups is 1. The quantitative estimate of drug-likeness (QED) is 0.619.